The van der Waals surface area contributed by atoms with Crippen LogP contribution in [0.3, 0.4) is 0 Å². The van der Waals surface area contributed by atoms with Crippen molar-refractivity contribution in [3.8, 4) is 39.5 Å². The van der Waals surface area contributed by atoms with Gasteiger partial charge < -0.3 is 4.42 Å². The van der Waals surface area contributed by atoms with Crippen LogP contribution in [0.5, 0.6) is 0 Å². The lowest BCUT2D eigenvalue weighted by molar-refractivity contribution is -0.602. The molecule has 44 heavy (non-hydrogen) atoms. The van der Waals surface area contributed by atoms with Gasteiger partial charge in [-0.2, -0.15) is 0 Å². The number of nitrogens with zero attached hydrogens (tertiary/aromatic N) is 3. The summed E-state index contributed by atoms with van der Waals surface area (Å²) >= 11 is 1.74. The summed E-state index contributed by atoms with van der Waals surface area (Å²) in [5.74, 6) is 0.627. The van der Waals surface area contributed by atoms with Crippen molar-refractivity contribution in [2.45, 2.75) is 0 Å². The van der Waals surface area contributed by atoms with Crippen molar-refractivity contribution in [2.24, 2.45) is 0 Å². The van der Waals surface area contributed by atoms with Crippen LogP contribution in [0, 0.1) is 0 Å². The highest BCUT2D eigenvalue weighted by Gasteiger charge is 2.24. The Balaban J connectivity index is 1.29. The van der Waals surface area contributed by atoms with Crippen molar-refractivity contribution in [3.63, 3.8) is 0 Å². The maximum Gasteiger partial charge on any atom is 0.438 e. The van der Waals surface area contributed by atoms with Gasteiger partial charge in [-0.25, -0.2) is 4.57 Å². The van der Waals surface area contributed by atoms with Crippen LogP contribution in [0.15, 0.2) is 150 Å². The lowest BCUT2D eigenvalue weighted by atomic mass is 10.0. The summed E-state index contributed by atoms with van der Waals surface area (Å²) in [6.07, 6.45) is 4.12. The van der Waals surface area contributed by atoms with E-state index in [1.165, 1.54) is 15.8 Å². The molecule has 0 saturated carbocycles. The molecule has 0 fully saturated rings. The van der Waals surface area contributed by atoms with Gasteiger partial charge in [0, 0.05) is 32.0 Å². The second-order valence-electron chi connectivity index (χ2n) is 10.9. The van der Waals surface area contributed by atoms with Gasteiger partial charge in [0.15, 0.2) is 11.2 Å². The lowest BCUT2D eigenvalue weighted by Crippen LogP contribution is -2.32. The fourth-order valence-electron chi connectivity index (χ4n) is 6.03. The molecular weight excluding hydrogens is 559 g/mol. The van der Waals surface area contributed by atoms with Gasteiger partial charge in [0.05, 0.1) is 12.4 Å². The zero-order valence-corrected chi connectivity index (χ0v) is 24.3. The summed E-state index contributed by atoms with van der Waals surface area (Å²) in [4.78, 5) is 10.4. The molecule has 206 valence electrons. The van der Waals surface area contributed by atoms with Gasteiger partial charge in [-0.3, -0.25) is 0 Å². The second-order valence-corrected chi connectivity index (χ2v) is 12.0. The zero-order valence-electron chi connectivity index (χ0n) is 23.5. The maximum atomic E-state index is 6.28. The molecule has 0 spiro atoms. The molecule has 4 nitrogen and oxygen atoms in total. The monoisotopic (exact) mass is 582 g/mol. The van der Waals surface area contributed by atoms with Crippen molar-refractivity contribution >= 4 is 53.6 Å². The van der Waals surface area contributed by atoms with Gasteiger partial charge in [0.1, 0.15) is 15.9 Å². The number of hydrogen-bond acceptors (Lipinski definition) is 4. The molecule has 9 rings (SSSR count). The molecule has 9 aromatic rings. The normalized spacial score (nSPS) is 11.6. The smallest absolute Gasteiger partial charge is 0.438 e. The van der Waals surface area contributed by atoms with Gasteiger partial charge in [0.25, 0.3) is 0 Å². The summed E-state index contributed by atoms with van der Waals surface area (Å²) in [5, 5.41) is 3.34. The van der Waals surface area contributed by atoms with Gasteiger partial charge in [-0.05, 0) is 59.2 Å². The Labute approximate surface area is 257 Å². The van der Waals surface area contributed by atoms with E-state index in [4.69, 9.17) is 14.4 Å². The van der Waals surface area contributed by atoms with E-state index in [-0.39, 0.29) is 0 Å². The van der Waals surface area contributed by atoms with Gasteiger partial charge in [-0.15, -0.1) is 11.3 Å². The maximum absolute atomic E-state index is 6.28. The number of aromatic nitrogens is 3. The average molecular weight is 583 g/mol. The zero-order chi connectivity index (χ0) is 29.0. The third kappa shape index (κ3) is 4.09. The third-order valence-electron chi connectivity index (χ3n) is 8.20. The molecule has 0 aliphatic carbocycles. The Kier molecular flexibility index (Phi) is 5.64. The van der Waals surface area contributed by atoms with E-state index in [0.717, 1.165) is 59.9 Å². The molecule has 0 saturated heterocycles. The first kappa shape index (κ1) is 24.9. The van der Waals surface area contributed by atoms with Crippen molar-refractivity contribution in [1.82, 2.24) is 9.97 Å². The van der Waals surface area contributed by atoms with Crippen LogP contribution in [-0.4, -0.2) is 9.97 Å². The van der Waals surface area contributed by atoms with E-state index >= 15 is 0 Å². The number of hydrogen-bond donors (Lipinski definition) is 0. The van der Waals surface area contributed by atoms with Gasteiger partial charge in [-0.1, -0.05) is 101 Å². The second kappa shape index (κ2) is 9.97. The molecule has 0 atom stereocenters. The lowest BCUT2D eigenvalue weighted by Gasteiger charge is -2.04. The summed E-state index contributed by atoms with van der Waals surface area (Å²) in [6.45, 7) is 0. The van der Waals surface area contributed by atoms with E-state index in [1.54, 1.807) is 11.3 Å². The minimum atomic E-state index is 0.627. The standard InChI is InChI=1S/C39H24N3OS/c1-3-10-25(11-4-1)27-17-20-32-35(23-27)44-38-36(28-18-19-31-30-15-7-8-16-33(30)43-34(31)22-28)40-39(41-37(32)38)42-21-9-14-29(24-42)26-12-5-2-6-13-26/h1-24H/q+1. The highest BCUT2D eigenvalue weighted by atomic mass is 32.1. The molecule has 0 bridgehead atoms. The number of furan rings is 1. The predicted molar refractivity (Wildman–Crippen MR) is 180 cm³/mol. The largest absolute Gasteiger partial charge is 0.456 e. The van der Waals surface area contributed by atoms with Crippen LogP contribution in [0.2, 0.25) is 0 Å². The van der Waals surface area contributed by atoms with E-state index in [2.05, 4.69) is 103 Å². The quantitative estimate of drug-likeness (QED) is 0.194. The van der Waals surface area contributed by atoms with Crippen LogP contribution in [-0.2, 0) is 0 Å². The third-order valence-corrected chi connectivity index (χ3v) is 9.35. The molecule has 0 aliphatic rings. The van der Waals surface area contributed by atoms with Crippen molar-refractivity contribution < 1.29 is 8.98 Å². The van der Waals surface area contributed by atoms with E-state index in [9.17, 15) is 0 Å². The Morgan fingerprint density at radius 3 is 2.05 bits per heavy atom. The molecule has 0 unspecified atom stereocenters. The Morgan fingerprint density at radius 1 is 0.523 bits per heavy atom. The number of pyridine rings is 1. The van der Waals surface area contributed by atoms with Crippen molar-refractivity contribution in [1.29, 1.82) is 0 Å². The molecule has 5 heteroatoms. The topological polar surface area (TPSA) is 42.8 Å². The Morgan fingerprint density at radius 2 is 1.20 bits per heavy atom. The predicted octanol–water partition coefficient (Wildman–Crippen LogP) is 10.0. The summed E-state index contributed by atoms with van der Waals surface area (Å²) in [7, 11) is 0. The number of thiophene rings is 1. The minimum Gasteiger partial charge on any atom is -0.456 e. The molecule has 0 amide bonds. The summed E-state index contributed by atoms with van der Waals surface area (Å²) in [5.41, 5.74) is 9.22. The molecular formula is C39H24N3OS+. The van der Waals surface area contributed by atoms with Crippen LogP contribution >= 0.6 is 11.3 Å². The molecule has 0 N–H and O–H groups in total. The fraction of sp³-hybridized carbons (Fsp3) is 0. The van der Waals surface area contributed by atoms with E-state index in [0.29, 0.717) is 5.95 Å². The van der Waals surface area contributed by atoms with Crippen molar-refractivity contribution in [3.05, 3.63) is 146 Å². The highest BCUT2D eigenvalue weighted by Crippen LogP contribution is 2.41. The molecule has 4 aromatic heterocycles. The number of para-hydroxylation sites is 1. The minimum absolute atomic E-state index is 0.627. The number of rotatable bonds is 4. The van der Waals surface area contributed by atoms with Crippen LogP contribution in [0.25, 0.3) is 81.7 Å². The average Bonchev–Trinajstić information content (AvgIpc) is 3.66. The number of fused-ring (bicyclic) bond motifs is 6. The Bertz CT molecular complexity index is 2500. The molecule has 0 aliphatic heterocycles. The first-order valence-electron chi connectivity index (χ1n) is 14.6. The van der Waals surface area contributed by atoms with Crippen LogP contribution in [0.1, 0.15) is 0 Å². The number of benzene rings is 5. The fourth-order valence-corrected chi connectivity index (χ4v) is 7.22. The van der Waals surface area contributed by atoms with E-state index < -0.39 is 0 Å². The van der Waals surface area contributed by atoms with Crippen molar-refractivity contribution in [2.75, 3.05) is 0 Å². The van der Waals surface area contributed by atoms with Crippen LogP contribution < -0.4 is 4.57 Å². The summed E-state index contributed by atoms with van der Waals surface area (Å²) < 4.78 is 10.5. The first-order valence-corrected chi connectivity index (χ1v) is 15.4. The molecule has 5 aromatic carbocycles. The van der Waals surface area contributed by atoms with Gasteiger partial charge >= 0.3 is 5.95 Å². The van der Waals surface area contributed by atoms with Gasteiger partial charge in [0.2, 0.25) is 0 Å². The Hall–Kier alpha value is -5.65. The van der Waals surface area contributed by atoms with Crippen LogP contribution in [0.4, 0.5) is 0 Å². The molecule has 4 heterocycles. The highest BCUT2D eigenvalue weighted by molar-refractivity contribution is 7.26. The summed E-state index contributed by atoms with van der Waals surface area (Å²) in [6, 6.07) is 46.3. The molecule has 0 radical (unpaired) electrons. The SMILES string of the molecule is c1ccc(-c2ccc3c(c2)sc2c(-c4ccc5c(c4)oc4ccccc45)nc(-[n+]4cccc(-c5ccccc5)c4)nc23)cc1. The first-order chi connectivity index (χ1) is 21.8. The van der Waals surface area contributed by atoms with E-state index in [1.807, 2.05) is 47.2 Å².